The van der Waals surface area contributed by atoms with Crippen molar-refractivity contribution in [2.45, 2.75) is 44.9 Å². The molecular formula is C28H38N8O10S2+2. The first-order valence-electron chi connectivity index (χ1n) is 14.5. The van der Waals surface area contributed by atoms with Crippen molar-refractivity contribution in [3.8, 4) is 11.6 Å². The van der Waals surface area contributed by atoms with E-state index in [2.05, 4.69) is 45.1 Å². The molecule has 18 nitrogen and oxygen atoms in total. The van der Waals surface area contributed by atoms with Crippen LogP contribution < -0.4 is 15.0 Å². The maximum atomic E-state index is 13.3. The monoisotopic (exact) mass is 710 g/mol. The number of ketones is 1. The van der Waals surface area contributed by atoms with E-state index in [4.69, 9.17) is 19.9 Å². The Balaban J connectivity index is 1.40. The van der Waals surface area contributed by atoms with Crippen molar-refractivity contribution in [2.24, 2.45) is 11.1 Å². The molecule has 0 spiro atoms. The van der Waals surface area contributed by atoms with Crippen LogP contribution in [-0.2, 0) is 40.4 Å². The molecule has 4 N–H and O–H groups in total. The van der Waals surface area contributed by atoms with Gasteiger partial charge in [0.05, 0.1) is 51.9 Å². The number of anilines is 1. The number of Topliss-reactive ketones (excluding diaryl/α,β-unsaturated/α-hetero) is 1. The number of nitrogens with zero attached hydrogens (tertiary/aromatic N) is 7. The molecule has 48 heavy (non-hydrogen) atoms. The second-order valence-corrected chi connectivity index (χ2v) is 14.4. The number of rotatable bonds is 17. The van der Waals surface area contributed by atoms with Crippen molar-refractivity contribution in [3.63, 3.8) is 0 Å². The molecule has 0 aliphatic carbocycles. The number of carboxylic acid groups (broad SMARTS) is 1. The normalized spacial score (nSPS) is 17.1. The van der Waals surface area contributed by atoms with Gasteiger partial charge in [-0.2, -0.15) is 18.0 Å². The summed E-state index contributed by atoms with van der Waals surface area (Å²) in [6, 6.07) is 3.32. The summed E-state index contributed by atoms with van der Waals surface area (Å²) < 4.78 is 45.9. The molecule has 1 aliphatic rings. The van der Waals surface area contributed by atoms with Gasteiger partial charge in [0.25, 0.3) is 12.0 Å². The van der Waals surface area contributed by atoms with Crippen molar-refractivity contribution in [2.75, 3.05) is 40.0 Å². The number of thiazole rings is 1. The SMILES string of the molecule is CC1(C)[C@H](CC(=O)/C(=N\O[C@@H](COc2ccc(-n3cc[n+](CCC[N+](C)(C)C)c3)nc2)C(=O)O)c2csc(N)n2)C(=O)N1OS(=O)(=O)O. The number of imidazole rings is 1. The molecule has 1 aliphatic heterocycles. The molecule has 1 saturated heterocycles. The van der Waals surface area contributed by atoms with Crippen molar-refractivity contribution >= 4 is 50.2 Å². The number of β-lactam (4-membered cyclic amide) rings is 1. The Morgan fingerprint density at radius 2 is 2.00 bits per heavy atom. The number of aromatic nitrogens is 4. The number of amides is 1. The average Bonchev–Trinajstić information content (AvgIpc) is 3.64. The van der Waals surface area contributed by atoms with Gasteiger partial charge in [0.1, 0.15) is 30.4 Å². The first kappa shape index (κ1) is 36.3. The number of hydroxylamine groups is 2. The molecule has 1 fully saturated rings. The van der Waals surface area contributed by atoms with Crippen LogP contribution in [-0.4, -0.2) is 111 Å². The Morgan fingerprint density at radius 3 is 2.56 bits per heavy atom. The molecule has 0 unspecified atom stereocenters. The Labute approximate surface area is 280 Å². The van der Waals surface area contributed by atoms with E-state index in [1.165, 1.54) is 25.4 Å². The fourth-order valence-corrected chi connectivity index (χ4v) is 5.72. The van der Waals surface area contributed by atoms with Gasteiger partial charge < -0.3 is 24.9 Å². The van der Waals surface area contributed by atoms with E-state index in [-0.39, 0.29) is 16.6 Å². The number of aliphatic carboxylic acids is 1. The maximum absolute atomic E-state index is 13.3. The van der Waals surface area contributed by atoms with Crippen LogP contribution in [0, 0.1) is 5.92 Å². The number of nitrogen functional groups attached to an aromatic ring is 1. The molecule has 3 aromatic rings. The summed E-state index contributed by atoms with van der Waals surface area (Å²) in [5, 5.41) is 15.4. The third kappa shape index (κ3) is 9.31. The second-order valence-electron chi connectivity index (χ2n) is 12.5. The molecule has 0 bridgehead atoms. The van der Waals surface area contributed by atoms with Crippen LogP contribution in [0.2, 0.25) is 0 Å². The summed E-state index contributed by atoms with van der Waals surface area (Å²) in [5.74, 6) is -3.30. The number of nitrogens with two attached hydrogens (primary N) is 1. The molecular weight excluding hydrogens is 672 g/mol. The van der Waals surface area contributed by atoms with E-state index >= 15 is 0 Å². The lowest BCUT2D eigenvalue weighted by atomic mass is 9.74. The molecule has 4 heterocycles. The lowest BCUT2D eigenvalue weighted by Gasteiger charge is -2.50. The third-order valence-electron chi connectivity index (χ3n) is 7.33. The number of aryl methyl sites for hydroxylation is 1. The quantitative estimate of drug-likeness (QED) is 0.0433. The molecule has 0 radical (unpaired) electrons. The van der Waals surface area contributed by atoms with Gasteiger partial charge in [-0.3, -0.25) is 14.1 Å². The highest BCUT2D eigenvalue weighted by Gasteiger charge is 2.57. The summed E-state index contributed by atoms with van der Waals surface area (Å²) in [6.07, 6.45) is 6.02. The van der Waals surface area contributed by atoms with Crippen LogP contribution in [0.1, 0.15) is 32.4 Å². The highest BCUT2D eigenvalue weighted by atomic mass is 32.3. The van der Waals surface area contributed by atoms with Gasteiger partial charge in [-0.15, -0.1) is 15.6 Å². The van der Waals surface area contributed by atoms with Gasteiger partial charge in [0.15, 0.2) is 16.6 Å². The smallest absolute Gasteiger partial charge is 0.418 e. The van der Waals surface area contributed by atoms with Gasteiger partial charge in [-0.25, -0.2) is 19.3 Å². The van der Waals surface area contributed by atoms with Crippen LogP contribution in [0.3, 0.4) is 0 Å². The van der Waals surface area contributed by atoms with Crippen LogP contribution in [0.25, 0.3) is 5.82 Å². The van der Waals surface area contributed by atoms with E-state index < -0.39 is 64.4 Å². The number of hydrogen-bond acceptors (Lipinski definition) is 13. The maximum Gasteiger partial charge on any atom is 0.418 e. The number of quaternary nitrogens is 1. The minimum Gasteiger partial charge on any atom is -0.487 e. The van der Waals surface area contributed by atoms with Crippen molar-refractivity contribution in [1.29, 1.82) is 0 Å². The Hall–Kier alpha value is -4.50. The lowest BCUT2D eigenvalue weighted by molar-refractivity contribution is -0.873. The third-order valence-corrected chi connectivity index (χ3v) is 8.34. The molecule has 260 valence electrons. The molecule has 2 atom stereocenters. The summed E-state index contributed by atoms with van der Waals surface area (Å²) in [5.41, 5.74) is 3.96. The number of ether oxygens (including phenoxy) is 1. The zero-order chi connectivity index (χ0) is 35.4. The van der Waals surface area contributed by atoms with E-state index in [1.54, 1.807) is 12.1 Å². The largest absolute Gasteiger partial charge is 0.487 e. The summed E-state index contributed by atoms with van der Waals surface area (Å²) in [7, 11) is 1.44. The predicted octanol–water partition coefficient (Wildman–Crippen LogP) is 0.478. The fourth-order valence-electron chi connectivity index (χ4n) is 4.72. The summed E-state index contributed by atoms with van der Waals surface area (Å²) in [6.45, 7) is 4.23. The molecule has 0 saturated carbocycles. The number of oxime groups is 1. The topological polar surface area (TPSA) is 230 Å². The lowest BCUT2D eigenvalue weighted by Crippen LogP contribution is -2.68. The van der Waals surface area contributed by atoms with Gasteiger partial charge in [-0.05, 0) is 19.9 Å². The van der Waals surface area contributed by atoms with Crippen LogP contribution in [0.15, 0.2) is 47.6 Å². The van der Waals surface area contributed by atoms with Gasteiger partial charge >= 0.3 is 16.4 Å². The van der Waals surface area contributed by atoms with E-state index in [0.29, 0.717) is 10.9 Å². The number of hydrogen-bond donors (Lipinski definition) is 3. The van der Waals surface area contributed by atoms with Gasteiger partial charge in [0.2, 0.25) is 12.1 Å². The van der Waals surface area contributed by atoms with Crippen LogP contribution >= 0.6 is 11.3 Å². The van der Waals surface area contributed by atoms with Crippen LogP contribution in [0.5, 0.6) is 5.75 Å². The minimum atomic E-state index is -4.99. The van der Waals surface area contributed by atoms with Gasteiger partial charge in [-0.1, -0.05) is 5.16 Å². The van der Waals surface area contributed by atoms with E-state index in [9.17, 15) is 27.9 Å². The first-order chi connectivity index (χ1) is 22.3. The molecule has 0 aromatic carbocycles. The predicted molar refractivity (Wildman–Crippen MR) is 169 cm³/mol. The number of carbonyl (C=O) groups excluding carboxylic acids is 2. The zero-order valence-corrected chi connectivity index (χ0v) is 28.5. The summed E-state index contributed by atoms with van der Waals surface area (Å²) in [4.78, 5) is 51.5. The molecule has 20 heteroatoms. The molecule has 3 aromatic heterocycles. The second kappa shape index (κ2) is 14.3. The highest BCUT2D eigenvalue weighted by molar-refractivity contribution is 7.80. The molecule has 1 amide bonds. The summed E-state index contributed by atoms with van der Waals surface area (Å²) >= 11 is 0.986. The van der Waals surface area contributed by atoms with Crippen molar-refractivity contribution in [1.82, 2.24) is 19.6 Å². The minimum absolute atomic E-state index is 0.0253. The number of carbonyl (C=O) groups is 3. The zero-order valence-electron chi connectivity index (χ0n) is 26.9. The van der Waals surface area contributed by atoms with E-state index in [0.717, 1.165) is 35.3 Å². The first-order valence-corrected chi connectivity index (χ1v) is 16.8. The van der Waals surface area contributed by atoms with Gasteiger partial charge in [0, 0.05) is 24.3 Å². The Bertz CT molecular complexity index is 1780. The van der Waals surface area contributed by atoms with Crippen molar-refractivity contribution < 1.29 is 55.4 Å². The Kier molecular flexibility index (Phi) is 10.8. The average molecular weight is 711 g/mol. The van der Waals surface area contributed by atoms with Crippen LogP contribution in [0.4, 0.5) is 5.13 Å². The fraction of sp³-hybridized carbons (Fsp3) is 0.464. The number of carboxylic acids is 1. The molecule has 4 rings (SSSR count). The Morgan fingerprint density at radius 1 is 1.27 bits per heavy atom. The standard InChI is InChI=1S/C28H36N8O10S2/c1-28(2)19(25(38)35(28)46-48(41,42)43)13-21(37)24(20-16-47-27(29)31-20)32-45-22(26(39)40)15-44-18-7-8-23(30-14-18)34-11-10-33(17-34)9-6-12-36(3,4)5/h7-8,10-11,14,16-17,19,22H,6,9,12-13,15H2,1-5H3,(H2-2,29,31,39,40,41,42,43)/p+2/b32-24-/t19-,22+/m1/s1. The highest BCUT2D eigenvalue weighted by Crippen LogP contribution is 2.40. The number of pyridine rings is 1. The van der Waals surface area contributed by atoms with E-state index in [1.807, 2.05) is 23.3 Å². The van der Waals surface area contributed by atoms with Crippen molar-refractivity contribution in [3.05, 3.63) is 48.1 Å².